The zero-order valence-corrected chi connectivity index (χ0v) is 10.5. The lowest BCUT2D eigenvalue weighted by Gasteiger charge is -2.07. The zero-order chi connectivity index (χ0) is 12.3. The molecule has 0 radical (unpaired) electrons. The van der Waals surface area contributed by atoms with Crippen molar-refractivity contribution in [3.63, 3.8) is 0 Å². The summed E-state index contributed by atoms with van der Waals surface area (Å²) in [6.07, 6.45) is 0.670. The lowest BCUT2D eigenvalue weighted by molar-refractivity contribution is 0.102. The summed E-state index contributed by atoms with van der Waals surface area (Å²) in [7, 11) is 3.24. The summed E-state index contributed by atoms with van der Waals surface area (Å²) in [5, 5.41) is 4.03. The van der Waals surface area contributed by atoms with Gasteiger partial charge in [0.05, 0.1) is 25.8 Å². The third kappa shape index (κ3) is 2.64. The minimum Gasteiger partial charge on any atom is -0.497 e. The van der Waals surface area contributed by atoms with Crippen LogP contribution in [0.4, 0.5) is 0 Å². The summed E-state index contributed by atoms with van der Waals surface area (Å²) >= 11 is 5.73. The molecule has 1 aromatic carbocycles. The van der Waals surface area contributed by atoms with E-state index < -0.39 is 0 Å². The third-order valence-electron chi connectivity index (χ3n) is 2.59. The van der Waals surface area contributed by atoms with Crippen LogP contribution >= 0.6 is 11.6 Å². The lowest BCUT2D eigenvalue weighted by Crippen LogP contribution is -2.09. The number of benzene rings is 1. The maximum atomic E-state index is 5.73. The molecule has 17 heavy (non-hydrogen) atoms. The summed E-state index contributed by atoms with van der Waals surface area (Å²) < 4.78 is 10.4. The fraction of sp³-hybridized carbons (Fsp3) is 0.417. The first-order valence-corrected chi connectivity index (χ1v) is 5.82. The Kier molecular flexibility index (Phi) is 3.74. The van der Waals surface area contributed by atoms with Gasteiger partial charge in [-0.3, -0.25) is 0 Å². The van der Waals surface area contributed by atoms with Crippen molar-refractivity contribution in [2.45, 2.75) is 12.5 Å². The number of alkyl halides is 1. The normalized spacial score (nSPS) is 18.5. The monoisotopic (exact) mass is 255 g/mol. The van der Waals surface area contributed by atoms with E-state index in [4.69, 9.17) is 25.9 Å². The van der Waals surface area contributed by atoms with E-state index in [1.54, 1.807) is 14.2 Å². The smallest absolute Gasteiger partial charge is 0.146 e. The second-order valence-corrected chi connectivity index (χ2v) is 4.03. The molecule has 0 saturated heterocycles. The summed E-state index contributed by atoms with van der Waals surface area (Å²) in [4.78, 5) is 5.19. The topological polar surface area (TPSA) is 40.0 Å². The number of halogens is 1. The van der Waals surface area contributed by atoms with E-state index in [-0.39, 0.29) is 6.10 Å². The quantitative estimate of drug-likeness (QED) is 0.776. The van der Waals surface area contributed by atoms with Crippen LogP contribution in [0.1, 0.15) is 12.0 Å². The van der Waals surface area contributed by atoms with Crippen molar-refractivity contribution in [2.75, 3.05) is 20.1 Å². The molecule has 4 nitrogen and oxygen atoms in total. The van der Waals surface area contributed by atoms with E-state index >= 15 is 0 Å². The minimum absolute atomic E-state index is 0.0381. The number of hydrogen-bond donors (Lipinski definition) is 0. The maximum absolute atomic E-state index is 5.73. The predicted molar refractivity (Wildman–Crippen MR) is 66.3 cm³/mol. The third-order valence-corrected chi connectivity index (χ3v) is 2.93. The summed E-state index contributed by atoms with van der Waals surface area (Å²) in [5.41, 5.74) is 1.81. The average molecular weight is 256 g/mol. The van der Waals surface area contributed by atoms with Crippen molar-refractivity contribution in [1.82, 2.24) is 0 Å². The van der Waals surface area contributed by atoms with Crippen molar-refractivity contribution in [3.05, 3.63) is 23.8 Å². The number of oxime groups is 1. The molecule has 0 aliphatic carbocycles. The highest BCUT2D eigenvalue weighted by molar-refractivity contribution is 6.18. The Balaban J connectivity index is 2.26. The molecule has 1 unspecified atom stereocenters. The van der Waals surface area contributed by atoms with Crippen LogP contribution in [-0.4, -0.2) is 31.9 Å². The Morgan fingerprint density at radius 3 is 2.41 bits per heavy atom. The van der Waals surface area contributed by atoms with Gasteiger partial charge in [-0.15, -0.1) is 11.6 Å². The fourth-order valence-corrected chi connectivity index (χ4v) is 1.82. The molecule has 5 heteroatoms. The Morgan fingerprint density at radius 1 is 1.29 bits per heavy atom. The Morgan fingerprint density at radius 2 is 1.94 bits per heavy atom. The Labute approximate surface area is 105 Å². The van der Waals surface area contributed by atoms with Gasteiger partial charge in [-0.25, -0.2) is 0 Å². The van der Waals surface area contributed by atoms with Crippen molar-refractivity contribution >= 4 is 17.3 Å². The summed E-state index contributed by atoms with van der Waals surface area (Å²) in [6, 6.07) is 5.63. The molecule has 1 aliphatic heterocycles. The van der Waals surface area contributed by atoms with Gasteiger partial charge in [0.1, 0.15) is 17.6 Å². The van der Waals surface area contributed by atoms with Crippen molar-refractivity contribution in [1.29, 1.82) is 0 Å². The highest BCUT2D eigenvalue weighted by Crippen LogP contribution is 2.26. The highest BCUT2D eigenvalue weighted by atomic mass is 35.5. The van der Waals surface area contributed by atoms with Crippen molar-refractivity contribution < 1.29 is 14.3 Å². The molecule has 0 saturated carbocycles. The number of rotatable bonds is 4. The molecular weight excluding hydrogens is 242 g/mol. The van der Waals surface area contributed by atoms with Gasteiger partial charge in [-0.1, -0.05) is 5.16 Å². The number of hydrogen-bond acceptors (Lipinski definition) is 4. The number of methoxy groups -OCH3 is 2. The van der Waals surface area contributed by atoms with Gasteiger partial charge in [0.2, 0.25) is 0 Å². The Hall–Kier alpha value is -1.42. The van der Waals surface area contributed by atoms with Gasteiger partial charge in [-0.05, 0) is 12.1 Å². The molecule has 0 bridgehead atoms. The van der Waals surface area contributed by atoms with Gasteiger partial charge in [0.15, 0.2) is 0 Å². The van der Waals surface area contributed by atoms with Crippen LogP contribution in [-0.2, 0) is 4.84 Å². The summed E-state index contributed by atoms with van der Waals surface area (Å²) in [6.45, 7) is 0. The van der Waals surface area contributed by atoms with Gasteiger partial charge in [0, 0.05) is 18.1 Å². The first kappa shape index (κ1) is 12.0. The van der Waals surface area contributed by atoms with Gasteiger partial charge < -0.3 is 14.3 Å². The van der Waals surface area contributed by atoms with E-state index in [0.29, 0.717) is 12.3 Å². The van der Waals surface area contributed by atoms with Crippen LogP contribution in [0, 0.1) is 0 Å². The highest BCUT2D eigenvalue weighted by Gasteiger charge is 2.22. The molecule has 0 amide bonds. The molecule has 0 spiro atoms. The van der Waals surface area contributed by atoms with E-state index in [2.05, 4.69) is 5.16 Å². The van der Waals surface area contributed by atoms with Crippen LogP contribution in [0.2, 0.25) is 0 Å². The van der Waals surface area contributed by atoms with Crippen LogP contribution in [0.15, 0.2) is 23.4 Å². The lowest BCUT2D eigenvalue weighted by atomic mass is 10.0. The average Bonchev–Trinajstić information content (AvgIpc) is 2.86. The largest absolute Gasteiger partial charge is 0.497 e. The van der Waals surface area contributed by atoms with E-state index in [0.717, 1.165) is 22.8 Å². The van der Waals surface area contributed by atoms with Gasteiger partial charge in [0.25, 0.3) is 0 Å². The standard InChI is InChI=1S/C12H14ClNO3/c1-15-9-3-8(4-10(5-9)16-2)12-6-11(7-13)17-14-12/h3-5,11H,6-7H2,1-2H3. The minimum atomic E-state index is -0.0381. The molecule has 1 heterocycles. The zero-order valence-electron chi connectivity index (χ0n) is 9.77. The first-order valence-electron chi connectivity index (χ1n) is 5.29. The molecule has 2 rings (SSSR count). The van der Waals surface area contributed by atoms with E-state index in [1.807, 2.05) is 18.2 Å². The first-order chi connectivity index (χ1) is 8.26. The molecule has 92 valence electrons. The number of ether oxygens (including phenoxy) is 2. The molecule has 0 aromatic heterocycles. The molecular formula is C12H14ClNO3. The molecule has 1 atom stereocenters. The van der Waals surface area contributed by atoms with E-state index in [9.17, 15) is 0 Å². The van der Waals surface area contributed by atoms with Crippen molar-refractivity contribution in [2.24, 2.45) is 5.16 Å². The second kappa shape index (κ2) is 5.27. The summed E-state index contributed by atoms with van der Waals surface area (Å²) in [5.74, 6) is 1.90. The fourth-order valence-electron chi connectivity index (χ4n) is 1.66. The number of nitrogens with zero attached hydrogens (tertiary/aromatic N) is 1. The van der Waals surface area contributed by atoms with E-state index in [1.165, 1.54) is 0 Å². The second-order valence-electron chi connectivity index (χ2n) is 3.73. The maximum Gasteiger partial charge on any atom is 0.146 e. The SMILES string of the molecule is COc1cc(OC)cc(C2=NOC(CCl)C2)c1. The molecule has 0 fully saturated rings. The Bertz CT molecular complexity index is 412. The van der Waals surface area contributed by atoms with Gasteiger partial charge >= 0.3 is 0 Å². The molecule has 1 aliphatic rings. The van der Waals surface area contributed by atoms with Crippen LogP contribution in [0.25, 0.3) is 0 Å². The van der Waals surface area contributed by atoms with Gasteiger partial charge in [-0.2, -0.15) is 0 Å². The molecule has 0 N–H and O–H groups in total. The van der Waals surface area contributed by atoms with Crippen LogP contribution < -0.4 is 9.47 Å². The van der Waals surface area contributed by atoms with Crippen LogP contribution in [0.3, 0.4) is 0 Å². The molecule has 1 aromatic rings. The van der Waals surface area contributed by atoms with Crippen LogP contribution in [0.5, 0.6) is 11.5 Å². The van der Waals surface area contributed by atoms with Crippen molar-refractivity contribution in [3.8, 4) is 11.5 Å². The predicted octanol–water partition coefficient (Wildman–Crippen LogP) is 2.44.